The molecule has 1 aliphatic rings. The van der Waals surface area contributed by atoms with E-state index >= 15 is 0 Å². The number of nitrogens with two attached hydrogens (primary N) is 2. The van der Waals surface area contributed by atoms with Crippen molar-refractivity contribution in [1.82, 2.24) is 10.2 Å². The lowest BCUT2D eigenvalue weighted by molar-refractivity contribution is -0.138. The second-order valence-corrected chi connectivity index (χ2v) is 10.1. The number of amidine groups is 1. The molecule has 6 N–H and O–H groups in total. The molecule has 1 saturated heterocycles. The fourth-order valence-corrected chi connectivity index (χ4v) is 5.00. The number of halogens is 2. The highest BCUT2D eigenvalue weighted by molar-refractivity contribution is 7.10. The average Bonchev–Trinajstić information content (AvgIpc) is 3.66. The molecule has 2 atom stereocenters. The molecule has 1 fully saturated rings. The van der Waals surface area contributed by atoms with Crippen LogP contribution in [0.1, 0.15) is 22.4 Å². The van der Waals surface area contributed by atoms with Gasteiger partial charge in [0.25, 0.3) is 6.47 Å². The van der Waals surface area contributed by atoms with Crippen LogP contribution in [-0.2, 0) is 32.1 Å². The topological polar surface area (TPSA) is 177 Å². The second-order valence-electron chi connectivity index (χ2n) is 9.06. The summed E-state index contributed by atoms with van der Waals surface area (Å²) in [7, 11) is 1.61. The van der Waals surface area contributed by atoms with Crippen molar-refractivity contribution in [3.63, 3.8) is 0 Å². The predicted molar refractivity (Wildman–Crippen MR) is 158 cm³/mol. The summed E-state index contributed by atoms with van der Waals surface area (Å²) in [6.07, 6.45) is 0.604. The quantitative estimate of drug-likeness (QED) is 0.162. The third-order valence-corrected chi connectivity index (χ3v) is 7.12. The van der Waals surface area contributed by atoms with Gasteiger partial charge in [0.1, 0.15) is 29.2 Å². The number of likely N-dealkylation sites (tertiary alicyclic amines) is 1. The van der Waals surface area contributed by atoms with Crippen molar-refractivity contribution >= 4 is 41.9 Å². The zero-order chi connectivity index (χ0) is 31.8. The number of carbonyl (C=O) groups is 4. The zero-order valence-electron chi connectivity index (χ0n) is 23.3. The number of carbonyl (C=O) groups excluding carboxylic acids is 3. The van der Waals surface area contributed by atoms with Gasteiger partial charge >= 0.3 is 0 Å². The number of amides is 3. The second kappa shape index (κ2) is 17.9. The molecule has 0 bridgehead atoms. The number of primary amides is 1. The van der Waals surface area contributed by atoms with Crippen molar-refractivity contribution in [2.75, 3.05) is 20.3 Å². The number of rotatable bonds is 9. The summed E-state index contributed by atoms with van der Waals surface area (Å²) >= 11 is 1.45. The third kappa shape index (κ3) is 10.8. The maximum absolute atomic E-state index is 13.5. The monoisotopic (exact) mass is 617 g/mol. The lowest BCUT2D eigenvalue weighted by Gasteiger charge is -2.24. The highest BCUT2D eigenvalue weighted by Crippen LogP contribution is 2.26. The van der Waals surface area contributed by atoms with Crippen molar-refractivity contribution < 1.29 is 37.8 Å². The van der Waals surface area contributed by atoms with Crippen LogP contribution in [-0.4, -0.2) is 66.8 Å². The van der Waals surface area contributed by atoms with Crippen LogP contribution in [0.3, 0.4) is 0 Å². The summed E-state index contributed by atoms with van der Waals surface area (Å²) in [4.78, 5) is 49.4. The van der Waals surface area contributed by atoms with E-state index in [2.05, 4.69) is 16.0 Å². The van der Waals surface area contributed by atoms with E-state index in [9.17, 15) is 18.4 Å². The van der Waals surface area contributed by atoms with Gasteiger partial charge in [-0.2, -0.15) is 0 Å². The van der Waals surface area contributed by atoms with Crippen LogP contribution >= 0.6 is 11.3 Å². The molecular weight excluding hydrogens is 584 g/mol. The normalized spacial score (nSPS) is 15.7. The van der Waals surface area contributed by atoms with Crippen LogP contribution in [0.4, 0.5) is 8.78 Å². The van der Waals surface area contributed by atoms with Gasteiger partial charge in [0.15, 0.2) is 0 Å². The summed E-state index contributed by atoms with van der Waals surface area (Å²) in [5.74, 6) is 0.185. The van der Waals surface area contributed by atoms with E-state index in [1.54, 1.807) is 31.3 Å². The van der Waals surface area contributed by atoms with Crippen LogP contribution in [0.2, 0.25) is 0 Å². The predicted octanol–water partition coefficient (Wildman–Crippen LogP) is 2.86. The van der Waals surface area contributed by atoms with Crippen LogP contribution in [0.5, 0.6) is 11.5 Å². The third-order valence-electron chi connectivity index (χ3n) is 6.18. The van der Waals surface area contributed by atoms with Crippen LogP contribution < -0.4 is 21.5 Å². The number of nitrogens with zero attached hydrogens (tertiary/aromatic N) is 2. The number of aliphatic imine (C=N–C) groups is 1. The van der Waals surface area contributed by atoms with Crippen LogP contribution in [0.25, 0.3) is 0 Å². The molecular formula is C29H33F2N5O6S. The molecule has 0 aliphatic carbocycles. The van der Waals surface area contributed by atoms with Gasteiger partial charge in [-0.3, -0.25) is 28.6 Å². The number of thiophene rings is 1. The first-order chi connectivity index (χ1) is 20.7. The summed E-state index contributed by atoms with van der Waals surface area (Å²) in [6.45, 7) is -0.354. The van der Waals surface area contributed by atoms with Crippen molar-refractivity contribution in [2.45, 2.75) is 25.4 Å². The van der Waals surface area contributed by atoms with E-state index in [-0.39, 0.29) is 62.4 Å². The molecule has 11 nitrogen and oxygen atoms in total. The molecule has 3 amide bonds. The molecule has 43 heavy (non-hydrogen) atoms. The van der Waals surface area contributed by atoms with Crippen LogP contribution in [0.15, 0.2) is 65.0 Å². The van der Waals surface area contributed by atoms with Crippen molar-refractivity contribution in [2.24, 2.45) is 22.4 Å². The Labute approximate surface area is 251 Å². The van der Waals surface area contributed by atoms with Gasteiger partial charge in [-0.25, -0.2) is 4.39 Å². The Morgan fingerprint density at radius 2 is 1.74 bits per heavy atom. The molecule has 2 unspecified atom stereocenters. The standard InChI is InChI=1S/C27H28F2N4O3S.CH3NO.CH2O2/c1-31-26(30)19-12-23(37-16-19)14-32-27(35)24-10-18(13-28)15-33(24)25(34)11-17-2-6-21(7-3-17)36-22-8-4-20(29)5-9-22;2*2-1-3/h2-9,12,16,18,24H,10-11,13-15H2,1H3,(H2,30,31)(H,32,35);1H,(H2,2,3);1H,(H,2,3). The maximum atomic E-state index is 13.5. The molecule has 1 aromatic heterocycles. The van der Waals surface area contributed by atoms with Gasteiger partial charge in [-0.1, -0.05) is 12.1 Å². The lowest BCUT2D eigenvalue weighted by atomic mass is 10.1. The molecule has 14 heteroatoms. The molecule has 1 aliphatic heterocycles. The van der Waals surface area contributed by atoms with E-state index in [1.165, 1.54) is 40.5 Å². The van der Waals surface area contributed by atoms with Crippen molar-refractivity contribution in [1.29, 1.82) is 0 Å². The van der Waals surface area contributed by atoms with Crippen LogP contribution in [0, 0.1) is 11.7 Å². The van der Waals surface area contributed by atoms with Gasteiger partial charge in [-0.15, -0.1) is 11.3 Å². The van der Waals surface area contributed by atoms with Gasteiger partial charge in [-0.05, 0) is 54.4 Å². The zero-order valence-corrected chi connectivity index (χ0v) is 24.1. The van der Waals surface area contributed by atoms with E-state index in [0.717, 1.165) is 16.0 Å². The average molecular weight is 618 g/mol. The minimum atomic E-state index is -0.726. The Morgan fingerprint density at radius 3 is 2.30 bits per heavy atom. The number of hydrogen-bond acceptors (Lipinski definition) is 7. The SMILES string of the molecule is CN=C(N)c1csc(CNC(=O)C2CC(CF)CN2C(=O)Cc2ccc(Oc3ccc(F)cc3)cc2)c1.NC=O.O=CO. The minimum absolute atomic E-state index is 0.0729. The number of alkyl halides is 1. The largest absolute Gasteiger partial charge is 0.483 e. The van der Waals surface area contributed by atoms with E-state index < -0.39 is 12.7 Å². The van der Waals surface area contributed by atoms with Crippen molar-refractivity contribution in [3.8, 4) is 11.5 Å². The number of hydrogen-bond donors (Lipinski definition) is 4. The molecule has 0 spiro atoms. The van der Waals surface area contributed by atoms with E-state index in [4.69, 9.17) is 25.2 Å². The van der Waals surface area contributed by atoms with E-state index in [1.807, 2.05) is 11.4 Å². The molecule has 230 valence electrons. The van der Waals surface area contributed by atoms with E-state index in [0.29, 0.717) is 17.3 Å². The molecule has 3 aromatic rings. The fraction of sp³-hybridized carbons (Fsp3) is 0.276. The Kier molecular flexibility index (Phi) is 14.3. The van der Waals surface area contributed by atoms with Crippen molar-refractivity contribution in [3.05, 3.63) is 81.8 Å². The Balaban J connectivity index is 0.000000992. The summed E-state index contributed by atoms with van der Waals surface area (Å²) < 4.78 is 32.2. The summed E-state index contributed by atoms with van der Waals surface area (Å²) in [6, 6.07) is 13.8. The summed E-state index contributed by atoms with van der Waals surface area (Å²) in [5.41, 5.74) is 11.5. The minimum Gasteiger partial charge on any atom is -0.483 e. The lowest BCUT2D eigenvalue weighted by Crippen LogP contribution is -2.46. The number of ether oxygens (including phenoxy) is 1. The molecule has 4 rings (SSSR count). The highest BCUT2D eigenvalue weighted by atomic mass is 32.1. The first kappa shape index (κ1) is 34.4. The molecule has 0 radical (unpaired) electrons. The summed E-state index contributed by atoms with van der Waals surface area (Å²) in [5, 5.41) is 11.6. The number of carboxylic acid groups (broad SMARTS) is 1. The first-order valence-corrected chi connectivity index (χ1v) is 13.8. The number of nitrogens with one attached hydrogen (secondary N) is 1. The van der Waals surface area contributed by atoms with Gasteiger partial charge in [0, 0.05) is 35.3 Å². The van der Waals surface area contributed by atoms with Gasteiger partial charge in [0.05, 0.1) is 19.6 Å². The molecule has 0 saturated carbocycles. The molecule has 2 heterocycles. The smallest absolute Gasteiger partial charge is 0.290 e. The maximum Gasteiger partial charge on any atom is 0.290 e. The Bertz CT molecular complexity index is 1360. The molecule has 2 aromatic carbocycles. The fourth-order valence-electron chi connectivity index (χ4n) is 4.18. The number of benzene rings is 2. The first-order valence-electron chi connectivity index (χ1n) is 12.9. The van der Waals surface area contributed by atoms with Gasteiger partial charge in [0.2, 0.25) is 18.2 Å². The Morgan fingerprint density at radius 1 is 1.16 bits per heavy atom. The Hall–Kier alpha value is -4.85. The highest BCUT2D eigenvalue weighted by Gasteiger charge is 2.39. The van der Waals surface area contributed by atoms with Gasteiger partial charge < -0.3 is 31.5 Å².